The average molecular weight is 223 g/mol. The van der Waals surface area contributed by atoms with Gasteiger partial charge in [0.05, 0.1) is 5.75 Å². The van der Waals surface area contributed by atoms with Crippen LogP contribution in [0.15, 0.2) is 24.4 Å². The third-order valence-electron chi connectivity index (χ3n) is 2.41. The highest BCUT2D eigenvalue weighted by Gasteiger charge is 2.10. The van der Waals surface area contributed by atoms with E-state index < -0.39 is 9.84 Å². The van der Waals surface area contributed by atoms with Crippen molar-refractivity contribution in [1.29, 1.82) is 0 Å². The molecule has 0 aliphatic rings. The summed E-state index contributed by atoms with van der Waals surface area (Å²) in [4.78, 5) is 3.09. The van der Waals surface area contributed by atoms with Crippen LogP contribution in [-0.2, 0) is 15.6 Å². The molecule has 2 aromatic rings. The predicted molar refractivity (Wildman–Crippen MR) is 61.6 cm³/mol. The highest BCUT2D eigenvalue weighted by Crippen LogP contribution is 2.23. The zero-order valence-electron chi connectivity index (χ0n) is 8.74. The van der Waals surface area contributed by atoms with Gasteiger partial charge in [0.15, 0.2) is 9.84 Å². The van der Waals surface area contributed by atoms with Crippen LogP contribution in [0.5, 0.6) is 0 Å². The minimum Gasteiger partial charge on any atom is -0.361 e. The molecule has 1 heterocycles. The summed E-state index contributed by atoms with van der Waals surface area (Å²) in [6.07, 6.45) is 3.03. The fourth-order valence-electron chi connectivity index (χ4n) is 1.85. The number of aromatic amines is 1. The van der Waals surface area contributed by atoms with Gasteiger partial charge in [0, 0.05) is 23.4 Å². The summed E-state index contributed by atoms with van der Waals surface area (Å²) >= 11 is 0. The molecule has 1 N–H and O–H groups in total. The van der Waals surface area contributed by atoms with Crippen molar-refractivity contribution in [1.82, 2.24) is 4.98 Å². The van der Waals surface area contributed by atoms with Crippen LogP contribution in [-0.4, -0.2) is 19.7 Å². The Morgan fingerprint density at radius 2 is 2.07 bits per heavy atom. The van der Waals surface area contributed by atoms with Crippen LogP contribution in [0.4, 0.5) is 0 Å². The van der Waals surface area contributed by atoms with E-state index in [0.717, 1.165) is 22.0 Å². The number of sulfone groups is 1. The van der Waals surface area contributed by atoms with E-state index in [2.05, 4.69) is 4.98 Å². The summed E-state index contributed by atoms with van der Waals surface area (Å²) in [5, 5.41) is 1.03. The third-order valence-corrected chi connectivity index (χ3v) is 3.25. The lowest BCUT2D eigenvalue weighted by Crippen LogP contribution is -2.00. The molecule has 4 heteroatoms. The lowest BCUT2D eigenvalue weighted by atomic mass is 10.1. The normalized spacial score (nSPS) is 12.1. The van der Waals surface area contributed by atoms with E-state index in [1.807, 2.05) is 25.1 Å². The SMILES string of the molecule is Cc1cccc2[nH]cc(CS(C)(=O)=O)c12. The number of hydrogen-bond donors (Lipinski definition) is 1. The minimum atomic E-state index is -2.98. The summed E-state index contributed by atoms with van der Waals surface area (Å²) in [5.74, 6) is 0.0951. The van der Waals surface area contributed by atoms with E-state index in [1.54, 1.807) is 6.20 Å². The maximum Gasteiger partial charge on any atom is 0.151 e. The molecule has 2 rings (SSSR count). The fourth-order valence-corrected chi connectivity index (χ4v) is 2.64. The lowest BCUT2D eigenvalue weighted by Gasteiger charge is -2.00. The monoisotopic (exact) mass is 223 g/mol. The molecule has 0 aliphatic carbocycles. The molecular weight excluding hydrogens is 210 g/mol. The van der Waals surface area contributed by atoms with Crippen LogP contribution in [0, 0.1) is 6.92 Å². The van der Waals surface area contributed by atoms with Gasteiger partial charge >= 0.3 is 0 Å². The number of nitrogens with one attached hydrogen (secondary N) is 1. The molecule has 0 saturated heterocycles. The number of H-pyrrole nitrogens is 1. The molecule has 1 aromatic carbocycles. The van der Waals surface area contributed by atoms with E-state index in [4.69, 9.17) is 0 Å². The molecule has 0 saturated carbocycles. The van der Waals surface area contributed by atoms with Gasteiger partial charge in [0.25, 0.3) is 0 Å². The van der Waals surface area contributed by atoms with Gasteiger partial charge in [0.2, 0.25) is 0 Å². The van der Waals surface area contributed by atoms with Crippen LogP contribution in [0.3, 0.4) is 0 Å². The van der Waals surface area contributed by atoms with Crippen molar-refractivity contribution in [3.8, 4) is 0 Å². The molecule has 1 aromatic heterocycles. The smallest absolute Gasteiger partial charge is 0.151 e. The van der Waals surface area contributed by atoms with Crippen molar-refractivity contribution in [2.75, 3.05) is 6.26 Å². The molecule has 0 amide bonds. The Balaban J connectivity index is 2.63. The molecule has 0 bridgehead atoms. The van der Waals surface area contributed by atoms with E-state index in [9.17, 15) is 8.42 Å². The highest BCUT2D eigenvalue weighted by molar-refractivity contribution is 7.89. The molecule has 80 valence electrons. The zero-order chi connectivity index (χ0) is 11.1. The first-order chi connectivity index (χ1) is 6.97. The van der Waals surface area contributed by atoms with Crippen LogP contribution in [0.1, 0.15) is 11.1 Å². The predicted octanol–water partition coefficient (Wildman–Crippen LogP) is 2.02. The Morgan fingerprint density at radius 3 is 2.73 bits per heavy atom. The van der Waals surface area contributed by atoms with Gasteiger partial charge in [-0.25, -0.2) is 8.42 Å². The minimum absolute atomic E-state index is 0.0951. The van der Waals surface area contributed by atoms with Crippen molar-refractivity contribution in [2.45, 2.75) is 12.7 Å². The Hall–Kier alpha value is -1.29. The Labute approximate surface area is 89.0 Å². The first-order valence-electron chi connectivity index (χ1n) is 4.71. The van der Waals surface area contributed by atoms with Crippen LogP contribution in [0.2, 0.25) is 0 Å². The second-order valence-electron chi connectivity index (χ2n) is 3.88. The van der Waals surface area contributed by atoms with Gasteiger partial charge < -0.3 is 4.98 Å². The van der Waals surface area contributed by atoms with Gasteiger partial charge in [-0.2, -0.15) is 0 Å². The molecule has 3 nitrogen and oxygen atoms in total. The number of aryl methyl sites for hydroxylation is 1. The maximum absolute atomic E-state index is 11.2. The first kappa shape index (κ1) is 10.2. The number of fused-ring (bicyclic) bond motifs is 1. The Kier molecular flexibility index (Phi) is 2.31. The van der Waals surface area contributed by atoms with Gasteiger partial charge in [-0.15, -0.1) is 0 Å². The Morgan fingerprint density at radius 1 is 1.33 bits per heavy atom. The number of rotatable bonds is 2. The number of aromatic nitrogens is 1. The van der Waals surface area contributed by atoms with E-state index in [-0.39, 0.29) is 5.75 Å². The maximum atomic E-state index is 11.2. The zero-order valence-corrected chi connectivity index (χ0v) is 9.56. The van der Waals surface area contributed by atoms with Crippen molar-refractivity contribution < 1.29 is 8.42 Å². The van der Waals surface area contributed by atoms with Crippen molar-refractivity contribution in [3.63, 3.8) is 0 Å². The van der Waals surface area contributed by atoms with Crippen LogP contribution < -0.4 is 0 Å². The van der Waals surface area contributed by atoms with Gasteiger partial charge in [0.1, 0.15) is 0 Å². The van der Waals surface area contributed by atoms with Crippen molar-refractivity contribution in [3.05, 3.63) is 35.5 Å². The molecule has 15 heavy (non-hydrogen) atoms. The van der Waals surface area contributed by atoms with E-state index in [1.165, 1.54) is 6.26 Å². The second-order valence-corrected chi connectivity index (χ2v) is 6.02. The summed E-state index contributed by atoms with van der Waals surface area (Å²) in [6.45, 7) is 1.99. The second kappa shape index (κ2) is 3.38. The fraction of sp³-hybridized carbons (Fsp3) is 0.273. The van der Waals surface area contributed by atoms with Crippen LogP contribution in [0.25, 0.3) is 10.9 Å². The van der Waals surface area contributed by atoms with Gasteiger partial charge in [-0.05, 0) is 24.1 Å². The largest absolute Gasteiger partial charge is 0.361 e. The molecule has 0 fully saturated rings. The van der Waals surface area contributed by atoms with E-state index >= 15 is 0 Å². The molecule has 0 atom stereocenters. The van der Waals surface area contributed by atoms with Crippen molar-refractivity contribution >= 4 is 20.7 Å². The summed E-state index contributed by atoms with van der Waals surface area (Å²) in [7, 11) is -2.98. The third kappa shape index (κ3) is 2.04. The molecule has 0 radical (unpaired) electrons. The highest BCUT2D eigenvalue weighted by atomic mass is 32.2. The molecule has 0 aliphatic heterocycles. The molecule has 0 unspecified atom stereocenters. The number of benzene rings is 1. The topological polar surface area (TPSA) is 49.9 Å². The quantitative estimate of drug-likeness (QED) is 0.846. The standard InChI is InChI=1S/C11H13NO2S/c1-8-4-3-5-10-11(8)9(6-12-10)7-15(2,13)14/h3-6,12H,7H2,1-2H3. The first-order valence-corrected chi connectivity index (χ1v) is 6.77. The summed E-state index contributed by atoms with van der Waals surface area (Å²) in [6, 6.07) is 5.90. The van der Waals surface area contributed by atoms with Gasteiger partial charge in [-0.3, -0.25) is 0 Å². The summed E-state index contributed by atoms with van der Waals surface area (Å²) in [5.41, 5.74) is 2.95. The van der Waals surface area contributed by atoms with Gasteiger partial charge in [-0.1, -0.05) is 12.1 Å². The summed E-state index contributed by atoms with van der Waals surface area (Å²) < 4.78 is 22.5. The van der Waals surface area contributed by atoms with Crippen molar-refractivity contribution in [2.24, 2.45) is 0 Å². The molecular formula is C11H13NO2S. The number of hydrogen-bond acceptors (Lipinski definition) is 2. The molecule has 0 spiro atoms. The lowest BCUT2D eigenvalue weighted by molar-refractivity contribution is 0.601. The van der Waals surface area contributed by atoms with E-state index in [0.29, 0.717) is 0 Å². The Bertz CT molecular complexity index is 596. The average Bonchev–Trinajstić information content (AvgIpc) is 2.47. The van der Waals surface area contributed by atoms with Crippen LogP contribution >= 0.6 is 0 Å².